The lowest BCUT2D eigenvalue weighted by Crippen LogP contribution is -3.14. The second kappa shape index (κ2) is 7.77. The van der Waals surface area contributed by atoms with Gasteiger partial charge in [-0.05, 0) is 23.2 Å². The van der Waals surface area contributed by atoms with Gasteiger partial charge in [-0.15, -0.1) is 5.10 Å². The summed E-state index contributed by atoms with van der Waals surface area (Å²) in [5, 5.41) is 14.7. The van der Waals surface area contributed by atoms with Crippen LogP contribution < -0.4 is 4.90 Å². The number of aliphatic hydroxyl groups excluding tert-OH is 1. The fourth-order valence-electron chi connectivity index (χ4n) is 3.70. The van der Waals surface area contributed by atoms with E-state index in [1.165, 1.54) is 12.7 Å². The van der Waals surface area contributed by atoms with Crippen molar-refractivity contribution in [1.29, 1.82) is 0 Å². The van der Waals surface area contributed by atoms with Crippen LogP contribution in [0.2, 0.25) is 0 Å². The highest BCUT2D eigenvalue weighted by Gasteiger charge is 2.41. The average Bonchev–Trinajstić information content (AvgIpc) is 3.15. The molecule has 1 aromatic heterocycles. The molecule has 0 bridgehead atoms. The number of hydrogen-bond acceptors (Lipinski definition) is 5. The minimum absolute atomic E-state index is 0.0894. The first-order valence-electron chi connectivity index (χ1n) is 9.47. The third kappa shape index (κ3) is 4.04. The molecule has 0 amide bonds. The Bertz CT molecular complexity index is 911. The molecule has 1 aromatic carbocycles. The van der Waals surface area contributed by atoms with Crippen LogP contribution in [-0.2, 0) is 28.7 Å². The maximum atomic E-state index is 12.0. The minimum atomic E-state index is -0.526. The Morgan fingerprint density at radius 3 is 2.57 bits per heavy atom. The fourth-order valence-corrected chi connectivity index (χ4v) is 3.89. The summed E-state index contributed by atoms with van der Waals surface area (Å²) in [4.78, 5) is 12.9. The molecule has 1 saturated heterocycles. The van der Waals surface area contributed by atoms with Crippen LogP contribution in [0.25, 0.3) is 11.4 Å². The molecule has 1 aliphatic rings. The van der Waals surface area contributed by atoms with Crippen molar-refractivity contribution >= 4 is 18.2 Å². The quantitative estimate of drug-likeness (QED) is 0.588. The van der Waals surface area contributed by atoms with E-state index < -0.39 is 12.1 Å². The number of aliphatic hydroxyl groups is 1. The molecule has 1 unspecified atom stereocenters. The lowest BCUT2D eigenvalue weighted by Gasteiger charge is -2.19. The molecule has 1 fully saturated rings. The summed E-state index contributed by atoms with van der Waals surface area (Å²) in [6.45, 7) is 7.42. The SMILES string of the molecule is COC(=O)[C@@H]1C[C@@H](O)C[NH+]1Cn1nc(-c2ccc(C(C)(C)C)cc2)n(C)c1=S. The lowest BCUT2D eigenvalue weighted by atomic mass is 9.87. The predicted octanol–water partition coefficient (Wildman–Crippen LogP) is 1.06. The van der Waals surface area contributed by atoms with E-state index in [9.17, 15) is 9.90 Å². The van der Waals surface area contributed by atoms with Crippen molar-refractivity contribution < 1.29 is 19.5 Å². The Morgan fingerprint density at radius 2 is 2.00 bits per heavy atom. The molecule has 0 saturated carbocycles. The third-order valence-corrected chi connectivity index (χ3v) is 5.87. The third-order valence-electron chi connectivity index (χ3n) is 5.39. The molecule has 1 aliphatic heterocycles. The Morgan fingerprint density at radius 1 is 1.36 bits per heavy atom. The summed E-state index contributed by atoms with van der Waals surface area (Å²) in [5.41, 5.74) is 2.33. The van der Waals surface area contributed by atoms with E-state index in [2.05, 4.69) is 45.0 Å². The number of ether oxygens (including phenoxy) is 1. The van der Waals surface area contributed by atoms with Gasteiger partial charge < -0.3 is 19.3 Å². The van der Waals surface area contributed by atoms with Crippen LogP contribution in [0.4, 0.5) is 0 Å². The van der Waals surface area contributed by atoms with E-state index in [1.807, 2.05) is 11.6 Å². The smallest absolute Gasteiger partial charge is 0.364 e. The number of esters is 1. The summed E-state index contributed by atoms with van der Waals surface area (Å²) in [6, 6.07) is 7.95. The second-order valence-electron chi connectivity index (χ2n) is 8.48. The zero-order chi connectivity index (χ0) is 20.6. The summed E-state index contributed by atoms with van der Waals surface area (Å²) >= 11 is 5.57. The van der Waals surface area contributed by atoms with Crippen LogP contribution in [0.1, 0.15) is 32.8 Å². The van der Waals surface area contributed by atoms with Gasteiger partial charge in [-0.1, -0.05) is 45.0 Å². The summed E-state index contributed by atoms with van der Waals surface area (Å²) in [6.07, 6.45) is -0.134. The number of nitrogens with one attached hydrogen (secondary N) is 1. The van der Waals surface area contributed by atoms with Crippen LogP contribution in [0, 0.1) is 4.77 Å². The minimum Gasteiger partial charge on any atom is -0.465 e. The van der Waals surface area contributed by atoms with Gasteiger partial charge in [0.1, 0.15) is 12.6 Å². The van der Waals surface area contributed by atoms with Gasteiger partial charge in [-0.3, -0.25) is 0 Å². The van der Waals surface area contributed by atoms with Gasteiger partial charge in [-0.25, -0.2) is 4.79 Å². The van der Waals surface area contributed by atoms with E-state index in [-0.39, 0.29) is 11.4 Å². The highest BCUT2D eigenvalue weighted by Crippen LogP contribution is 2.25. The lowest BCUT2D eigenvalue weighted by molar-refractivity contribution is -0.928. The number of aromatic nitrogens is 3. The molecule has 3 atom stereocenters. The largest absolute Gasteiger partial charge is 0.465 e. The number of hydrogen-bond donors (Lipinski definition) is 2. The number of methoxy groups -OCH3 is 1. The summed E-state index contributed by atoms with van der Waals surface area (Å²) < 4.78 is 9.07. The number of nitrogens with zero attached hydrogens (tertiary/aromatic N) is 3. The van der Waals surface area contributed by atoms with Crippen molar-refractivity contribution in [1.82, 2.24) is 14.3 Å². The maximum absolute atomic E-state index is 12.0. The fraction of sp³-hybridized carbons (Fsp3) is 0.550. The van der Waals surface area contributed by atoms with Crippen LogP contribution >= 0.6 is 12.2 Å². The molecule has 3 rings (SSSR count). The first-order valence-corrected chi connectivity index (χ1v) is 9.88. The number of rotatable bonds is 4. The van der Waals surface area contributed by atoms with Crippen LogP contribution in [0.3, 0.4) is 0 Å². The number of benzene rings is 1. The molecule has 8 heteroatoms. The molecule has 0 aliphatic carbocycles. The van der Waals surface area contributed by atoms with Gasteiger partial charge in [0.2, 0.25) is 4.77 Å². The van der Waals surface area contributed by atoms with E-state index in [0.29, 0.717) is 24.4 Å². The molecule has 0 spiro atoms. The van der Waals surface area contributed by atoms with Crippen LogP contribution in [-0.4, -0.2) is 51.2 Å². The molecule has 2 N–H and O–H groups in total. The number of carbonyl (C=O) groups is 1. The first kappa shape index (κ1) is 20.7. The molecule has 152 valence electrons. The Kier molecular flexibility index (Phi) is 5.74. The average molecular weight is 406 g/mol. The van der Waals surface area contributed by atoms with Crippen molar-refractivity contribution in [3.8, 4) is 11.4 Å². The van der Waals surface area contributed by atoms with Gasteiger partial charge in [0.15, 0.2) is 18.5 Å². The van der Waals surface area contributed by atoms with E-state index >= 15 is 0 Å². The number of quaternary nitrogens is 1. The zero-order valence-corrected chi connectivity index (χ0v) is 17.9. The van der Waals surface area contributed by atoms with Crippen LogP contribution in [0.5, 0.6) is 0 Å². The highest BCUT2D eigenvalue weighted by atomic mass is 32.1. The van der Waals surface area contributed by atoms with E-state index in [4.69, 9.17) is 22.1 Å². The van der Waals surface area contributed by atoms with Crippen molar-refractivity contribution in [3.05, 3.63) is 34.6 Å². The summed E-state index contributed by atoms with van der Waals surface area (Å²) in [5.74, 6) is 0.464. The van der Waals surface area contributed by atoms with Gasteiger partial charge in [0.25, 0.3) is 0 Å². The molecule has 2 aromatic rings. The van der Waals surface area contributed by atoms with Gasteiger partial charge in [0, 0.05) is 19.0 Å². The van der Waals surface area contributed by atoms with Gasteiger partial charge >= 0.3 is 5.97 Å². The maximum Gasteiger partial charge on any atom is 0.364 e. The molecule has 0 radical (unpaired) electrons. The zero-order valence-electron chi connectivity index (χ0n) is 17.1. The van der Waals surface area contributed by atoms with Gasteiger partial charge in [0.05, 0.1) is 7.11 Å². The Labute approximate surface area is 170 Å². The Hall–Kier alpha value is -2.03. The monoisotopic (exact) mass is 405 g/mol. The molecule has 7 nitrogen and oxygen atoms in total. The van der Waals surface area contributed by atoms with Crippen LogP contribution in [0.15, 0.2) is 24.3 Å². The highest BCUT2D eigenvalue weighted by molar-refractivity contribution is 7.71. The standard InChI is InChI=1S/C20H28N4O3S/c1-20(2,3)14-8-6-13(7-9-14)17-21-24(19(28)22(17)4)12-23-11-15(25)10-16(23)18(26)27-5/h6-9,15-16,25H,10-12H2,1-5H3/p+1/t15-,16+/m1/s1. The Balaban J connectivity index is 1.87. The first-order chi connectivity index (χ1) is 13.1. The number of likely N-dealkylation sites (tertiary alicyclic amines) is 1. The van der Waals surface area contributed by atoms with Crippen molar-refractivity contribution in [2.45, 2.75) is 51.4 Å². The van der Waals surface area contributed by atoms with E-state index in [1.54, 1.807) is 4.68 Å². The molecule has 2 heterocycles. The number of carbonyl (C=O) groups excluding carboxylic acids is 1. The predicted molar refractivity (Wildman–Crippen MR) is 108 cm³/mol. The normalized spacial score (nSPS) is 22.4. The summed E-state index contributed by atoms with van der Waals surface area (Å²) in [7, 11) is 3.27. The van der Waals surface area contributed by atoms with E-state index in [0.717, 1.165) is 16.3 Å². The molecular weight excluding hydrogens is 376 g/mol. The molecule has 28 heavy (non-hydrogen) atoms. The topological polar surface area (TPSA) is 73.7 Å². The molecular formula is C20H29N4O3S+. The van der Waals surface area contributed by atoms with Gasteiger partial charge in [-0.2, -0.15) is 4.68 Å². The van der Waals surface area contributed by atoms with Crippen molar-refractivity contribution in [3.63, 3.8) is 0 Å². The van der Waals surface area contributed by atoms with Crippen molar-refractivity contribution in [2.24, 2.45) is 7.05 Å². The second-order valence-corrected chi connectivity index (χ2v) is 8.84. The van der Waals surface area contributed by atoms with Crippen molar-refractivity contribution in [2.75, 3.05) is 13.7 Å².